The molecule has 0 amide bonds. The van der Waals surface area contributed by atoms with Gasteiger partial charge in [-0.1, -0.05) is 23.2 Å². The second kappa shape index (κ2) is 2.97. The first-order chi connectivity index (χ1) is 2.27. The van der Waals surface area contributed by atoms with Crippen LogP contribution < -0.4 is 0 Å². The fourth-order valence-corrected chi connectivity index (χ4v) is 0. The van der Waals surface area contributed by atoms with E-state index in [1.807, 2.05) is 0 Å². The first kappa shape index (κ1) is 5.76. The maximum absolute atomic E-state index is 4.96. The van der Waals surface area contributed by atoms with Crippen LogP contribution in [0.3, 0.4) is 0 Å². The van der Waals surface area contributed by atoms with Gasteiger partial charge in [0.25, 0.3) is 0 Å². The van der Waals surface area contributed by atoms with Crippen LogP contribution in [-0.2, 0) is 4.43 Å². The van der Waals surface area contributed by atoms with E-state index in [2.05, 4.69) is 14.9 Å². The molecule has 0 saturated carbocycles. The molecule has 0 atom stereocenters. The third-order valence-corrected chi connectivity index (χ3v) is 0.802. The van der Waals surface area contributed by atoms with E-state index in [1.165, 1.54) is 0 Å². The highest BCUT2D eigenvalue weighted by Gasteiger charge is 1.85. The molecule has 0 bridgehead atoms. The van der Waals surface area contributed by atoms with E-state index in [1.54, 1.807) is 0 Å². The summed E-state index contributed by atoms with van der Waals surface area (Å²) in [7, 11) is 2.59. The summed E-state index contributed by atoms with van der Waals surface area (Å²) in [5.41, 5.74) is 0. The van der Waals surface area contributed by atoms with E-state index < -0.39 is 5.02 Å². The van der Waals surface area contributed by atoms with Crippen molar-refractivity contribution in [3.63, 3.8) is 0 Å². The monoisotopic (exact) mass is 127 g/mol. The van der Waals surface area contributed by atoms with Gasteiger partial charge in [-0.25, -0.2) is 0 Å². The molecule has 0 rings (SSSR count). The quantitative estimate of drug-likeness (QED) is 0.375. The van der Waals surface area contributed by atoms with Crippen LogP contribution in [0.25, 0.3) is 0 Å². The van der Waals surface area contributed by atoms with Crippen molar-refractivity contribution >= 4 is 33.7 Å². The van der Waals surface area contributed by atoms with Crippen molar-refractivity contribution in [1.82, 2.24) is 0 Å². The van der Waals surface area contributed by atoms with E-state index in [0.717, 1.165) is 0 Å². The number of halogens is 2. The predicted octanol–water partition coefficient (Wildman–Crippen LogP) is 0.848. The fraction of sp³-hybridized carbons (Fsp3) is 1.00. The lowest BCUT2D eigenvalue weighted by Crippen LogP contribution is -1.87. The van der Waals surface area contributed by atoms with Gasteiger partial charge < -0.3 is 4.43 Å². The standard InChI is InChI=1S/CHCl2OSi/c2-1(3)4-5/h1H. The summed E-state index contributed by atoms with van der Waals surface area (Å²) in [6.07, 6.45) is 0. The minimum atomic E-state index is -0.758. The zero-order chi connectivity index (χ0) is 4.28. The van der Waals surface area contributed by atoms with Crippen LogP contribution in [0, 0.1) is 0 Å². The van der Waals surface area contributed by atoms with Crippen molar-refractivity contribution in [1.29, 1.82) is 0 Å². The Hall–Kier alpha value is 0.757. The molecule has 3 radical (unpaired) electrons. The Morgan fingerprint density at radius 2 is 1.80 bits per heavy atom. The summed E-state index contributed by atoms with van der Waals surface area (Å²) < 4.78 is 4.09. The molecule has 0 aliphatic rings. The van der Waals surface area contributed by atoms with E-state index in [9.17, 15) is 0 Å². The summed E-state index contributed by atoms with van der Waals surface area (Å²) in [6, 6.07) is 0. The van der Waals surface area contributed by atoms with Gasteiger partial charge in [0, 0.05) is 0 Å². The van der Waals surface area contributed by atoms with Gasteiger partial charge in [0.15, 0.2) is 5.02 Å². The molecule has 0 aliphatic heterocycles. The van der Waals surface area contributed by atoms with Crippen molar-refractivity contribution in [2.75, 3.05) is 0 Å². The first-order valence-electron chi connectivity index (χ1n) is 0.876. The van der Waals surface area contributed by atoms with E-state index >= 15 is 0 Å². The molecule has 0 fully saturated rings. The van der Waals surface area contributed by atoms with Crippen molar-refractivity contribution in [2.24, 2.45) is 0 Å². The van der Waals surface area contributed by atoms with Gasteiger partial charge in [0.05, 0.1) is 0 Å². The number of rotatable bonds is 1. The van der Waals surface area contributed by atoms with E-state index in [0.29, 0.717) is 0 Å². The van der Waals surface area contributed by atoms with Gasteiger partial charge in [0.2, 0.25) is 10.5 Å². The Kier molecular flexibility index (Phi) is 3.42. The van der Waals surface area contributed by atoms with Gasteiger partial charge in [0.1, 0.15) is 0 Å². The Bertz CT molecular complexity index is 23.6. The molecule has 0 spiro atoms. The second-order valence-electron chi connectivity index (χ2n) is 0.379. The molecule has 0 heterocycles. The van der Waals surface area contributed by atoms with Crippen molar-refractivity contribution in [3.8, 4) is 0 Å². The Morgan fingerprint density at radius 1 is 1.60 bits per heavy atom. The van der Waals surface area contributed by atoms with E-state index in [4.69, 9.17) is 23.2 Å². The highest BCUT2D eigenvalue weighted by atomic mass is 35.5. The summed E-state index contributed by atoms with van der Waals surface area (Å²) in [5, 5.41) is -0.758. The van der Waals surface area contributed by atoms with Gasteiger partial charge >= 0.3 is 0 Å². The maximum atomic E-state index is 4.96. The lowest BCUT2D eigenvalue weighted by molar-refractivity contribution is 0.392. The minimum Gasteiger partial charge on any atom is -0.391 e. The average Bonchev–Trinajstić information content (AvgIpc) is 1.38. The lowest BCUT2D eigenvalue weighted by Gasteiger charge is -1.88. The predicted molar refractivity (Wildman–Crippen MR) is 22.3 cm³/mol. The number of alkyl halides is 2. The van der Waals surface area contributed by atoms with Crippen molar-refractivity contribution in [3.05, 3.63) is 0 Å². The number of hydrogen-bond acceptors (Lipinski definition) is 1. The van der Waals surface area contributed by atoms with Crippen LogP contribution in [0.4, 0.5) is 0 Å². The summed E-state index contributed by atoms with van der Waals surface area (Å²) in [5.74, 6) is 0. The first-order valence-corrected chi connectivity index (χ1v) is 2.16. The normalized spacial score (nSPS) is 9.60. The van der Waals surface area contributed by atoms with E-state index in [-0.39, 0.29) is 0 Å². The SMILES string of the molecule is [Si]OC(Cl)Cl. The fourth-order valence-electron chi connectivity index (χ4n) is 0. The molecule has 0 unspecified atom stereocenters. The Labute approximate surface area is 43.8 Å². The van der Waals surface area contributed by atoms with Crippen LogP contribution in [0.5, 0.6) is 0 Å². The highest BCUT2D eigenvalue weighted by molar-refractivity contribution is 6.44. The zero-order valence-electron chi connectivity index (χ0n) is 2.24. The third-order valence-electron chi connectivity index (χ3n) is 0.0891. The number of hydrogen-bond donors (Lipinski definition) is 0. The maximum Gasteiger partial charge on any atom is 0.250 e. The molecule has 0 aliphatic carbocycles. The van der Waals surface area contributed by atoms with Gasteiger partial charge in [-0.15, -0.1) is 0 Å². The second-order valence-corrected chi connectivity index (χ2v) is 1.63. The largest absolute Gasteiger partial charge is 0.391 e. The molecule has 29 valence electrons. The van der Waals surface area contributed by atoms with Gasteiger partial charge in [-0.2, -0.15) is 0 Å². The lowest BCUT2D eigenvalue weighted by atomic mass is 11.7. The van der Waals surface area contributed by atoms with Crippen LogP contribution >= 0.6 is 23.2 Å². The van der Waals surface area contributed by atoms with Crippen LogP contribution in [0.15, 0.2) is 0 Å². The highest BCUT2D eigenvalue weighted by Crippen LogP contribution is 1.97. The van der Waals surface area contributed by atoms with Crippen molar-refractivity contribution in [2.45, 2.75) is 5.02 Å². The molecule has 1 nitrogen and oxygen atoms in total. The summed E-state index contributed by atoms with van der Waals surface area (Å²) >= 11 is 9.91. The Balaban J connectivity index is 2.54. The summed E-state index contributed by atoms with van der Waals surface area (Å²) in [6.45, 7) is 0. The average molecular weight is 128 g/mol. The smallest absolute Gasteiger partial charge is 0.250 e. The Morgan fingerprint density at radius 3 is 1.80 bits per heavy atom. The van der Waals surface area contributed by atoms with Crippen LogP contribution in [0.1, 0.15) is 0 Å². The molecule has 0 aromatic rings. The molecular weight excluding hydrogens is 127 g/mol. The molecule has 0 N–H and O–H groups in total. The minimum absolute atomic E-state index is 0.758. The van der Waals surface area contributed by atoms with Gasteiger partial charge in [-0.3, -0.25) is 0 Å². The van der Waals surface area contributed by atoms with Crippen molar-refractivity contribution < 1.29 is 4.43 Å². The molecule has 5 heavy (non-hydrogen) atoms. The molecule has 0 aromatic heterocycles. The topological polar surface area (TPSA) is 9.23 Å². The molecule has 0 aromatic carbocycles. The molecular formula is CHCl2OSi. The third kappa shape index (κ3) is 4.76. The van der Waals surface area contributed by atoms with Crippen LogP contribution in [-0.4, -0.2) is 15.5 Å². The zero-order valence-corrected chi connectivity index (χ0v) is 4.75. The van der Waals surface area contributed by atoms with Crippen LogP contribution in [0.2, 0.25) is 0 Å². The summed E-state index contributed by atoms with van der Waals surface area (Å²) in [4.78, 5) is 0. The molecule has 0 saturated heterocycles. The molecule has 4 heteroatoms. The van der Waals surface area contributed by atoms with Gasteiger partial charge in [-0.05, 0) is 0 Å².